The van der Waals surface area contributed by atoms with Crippen LogP contribution in [0.5, 0.6) is 0 Å². The molecule has 2 aliphatic rings. The molecule has 120 valence electrons. The lowest BCUT2D eigenvalue weighted by atomic mass is 10.0. The van der Waals surface area contributed by atoms with Crippen molar-refractivity contribution in [2.45, 2.75) is 44.4 Å². The van der Waals surface area contributed by atoms with Crippen molar-refractivity contribution in [1.29, 1.82) is 0 Å². The summed E-state index contributed by atoms with van der Waals surface area (Å²) in [5.41, 5.74) is 3.25. The molecule has 6 nitrogen and oxygen atoms in total. The number of benzene rings is 1. The van der Waals surface area contributed by atoms with Crippen molar-refractivity contribution < 1.29 is 4.79 Å². The van der Waals surface area contributed by atoms with Gasteiger partial charge in [-0.25, -0.2) is 4.68 Å². The number of amides is 1. The average Bonchev–Trinajstić information content (AvgIpc) is 3.07. The molecule has 1 N–H and O–H groups in total. The van der Waals surface area contributed by atoms with Gasteiger partial charge in [0, 0.05) is 37.9 Å². The van der Waals surface area contributed by atoms with E-state index in [4.69, 9.17) is 0 Å². The van der Waals surface area contributed by atoms with E-state index in [0.717, 1.165) is 30.5 Å². The van der Waals surface area contributed by atoms with E-state index >= 15 is 0 Å². The highest BCUT2D eigenvalue weighted by atomic mass is 16.2. The molecule has 1 aliphatic heterocycles. The number of rotatable bonds is 5. The van der Waals surface area contributed by atoms with Crippen LogP contribution in [-0.2, 0) is 18.6 Å². The van der Waals surface area contributed by atoms with Crippen LogP contribution in [0.3, 0.4) is 0 Å². The Hall–Kier alpha value is -2.21. The van der Waals surface area contributed by atoms with E-state index in [1.54, 1.807) is 11.1 Å². The zero-order chi connectivity index (χ0) is 16.0. The van der Waals surface area contributed by atoms with Crippen LogP contribution in [-0.4, -0.2) is 38.9 Å². The fraction of sp³-hybridized carbons (Fsp3) is 0.471. The summed E-state index contributed by atoms with van der Waals surface area (Å²) in [4.78, 5) is 13.7. The minimum atomic E-state index is 0.0728. The summed E-state index contributed by atoms with van der Waals surface area (Å²) >= 11 is 0. The molecule has 2 heterocycles. The van der Waals surface area contributed by atoms with E-state index in [1.165, 1.54) is 5.56 Å². The fourth-order valence-corrected chi connectivity index (χ4v) is 3.52. The van der Waals surface area contributed by atoms with Crippen molar-refractivity contribution in [2.75, 3.05) is 7.05 Å². The number of nitrogens with one attached hydrogen (secondary N) is 1. The van der Waals surface area contributed by atoms with Gasteiger partial charge >= 0.3 is 0 Å². The molecule has 1 amide bonds. The number of hydrogen-bond acceptors (Lipinski definition) is 4. The summed E-state index contributed by atoms with van der Waals surface area (Å²) in [6.45, 7) is 3.71. The Labute approximate surface area is 135 Å². The maximum atomic E-state index is 11.9. The molecule has 2 aromatic rings. The van der Waals surface area contributed by atoms with Gasteiger partial charge in [-0.3, -0.25) is 4.79 Å². The minimum absolute atomic E-state index is 0.0728. The van der Waals surface area contributed by atoms with Crippen molar-refractivity contribution in [3.8, 4) is 0 Å². The molecule has 0 spiro atoms. The summed E-state index contributed by atoms with van der Waals surface area (Å²) in [6.07, 6.45) is 5.95. The van der Waals surface area contributed by atoms with Gasteiger partial charge < -0.3 is 10.2 Å². The lowest BCUT2D eigenvalue weighted by molar-refractivity contribution is 0.0816. The van der Waals surface area contributed by atoms with Crippen LogP contribution in [0.1, 0.15) is 41.3 Å². The number of fused-ring (bicyclic) bond motifs is 1. The molecule has 4 rings (SSSR count). The van der Waals surface area contributed by atoms with Crippen LogP contribution in [0.2, 0.25) is 0 Å². The van der Waals surface area contributed by atoms with Crippen molar-refractivity contribution in [1.82, 2.24) is 25.2 Å². The Morgan fingerprint density at radius 3 is 2.91 bits per heavy atom. The van der Waals surface area contributed by atoms with Gasteiger partial charge in [0.15, 0.2) is 0 Å². The van der Waals surface area contributed by atoms with Crippen LogP contribution < -0.4 is 5.32 Å². The van der Waals surface area contributed by atoms with Crippen LogP contribution >= 0.6 is 0 Å². The highest BCUT2D eigenvalue weighted by Crippen LogP contribution is 2.45. The second-order valence-corrected chi connectivity index (χ2v) is 6.71. The number of carbonyl (C=O) groups excluding carboxylic acids is 1. The Kier molecular flexibility index (Phi) is 3.23. The third-order valence-corrected chi connectivity index (χ3v) is 5.21. The van der Waals surface area contributed by atoms with Crippen molar-refractivity contribution in [3.05, 3.63) is 47.3 Å². The number of aromatic nitrogens is 3. The zero-order valence-electron chi connectivity index (χ0n) is 13.5. The first kappa shape index (κ1) is 14.4. The topological polar surface area (TPSA) is 63.1 Å². The first-order chi connectivity index (χ1) is 11.1. The van der Waals surface area contributed by atoms with Crippen LogP contribution in [0.15, 0.2) is 30.6 Å². The molecule has 1 saturated carbocycles. The Morgan fingerprint density at radius 1 is 1.39 bits per heavy atom. The highest BCUT2D eigenvalue weighted by molar-refractivity contribution is 5.98. The second kappa shape index (κ2) is 5.16. The first-order valence-corrected chi connectivity index (χ1v) is 8.08. The lowest BCUT2D eigenvalue weighted by Crippen LogP contribution is -2.41. The number of hydrogen-bond donors (Lipinski definition) is 1. The van der Waals surface area contributed by atoms with E-state index in [-0.39, 0.29) is 11.4 Å². The predicted octanol–water partition coefficient (Wildman–Crippen LogP) is 1.53. The molecule has 23 heavy (non-hydrogen) atoms. The molecular formula is C17H21N5O. The molecule has 1 unspecified atom stereocenters. The highest BCUT2D eigenvalue weighted by Gasteiger charge is 2.50. The second-order valence-electron chi connectivity index (χ2n) is 6.71. The molecule has 1 aliphatic carbocycles. The van der Waals surface area contributed by atoms with Gasteiger partial charge in [0.05, 0.1) is 11.7 Å². The molecule has 1 fully saturated rings. The largest absolute Gasteiger partial charge is 0.337 e. The van der Waals surface area contributed by atoms with Gasteiger partial charge in [0.2, 0.25) is 0 Å². The molecule has 0 radical (unpaired) electrons. The first-order valence-electron chi connectivity index (χ1n) is 8.08. The van der Waals surface area contributed by atoms with Gasteiger partial charge in [-0.2, -0.15) is 0 Å². The molecule has 1 atom stereocenters. The quantitative estimate of drug-likeness (QED) is 0.909. The van der Waals surface area contributed by atoms with Gasteiger partial charge in [-0.1, -0.05) is 17.3 Å². The monoisotopic (exact) mass is 311 g/mol. The van der Waals surface area contributed by atoms with Gasteiger partial charge in [0.25, 0.3) is 5.91 Å². The van der Waals surface area contributed by atoms with Crippen LogP contribution in [0, 0.1) is 0 Å². The van der Waals surface area contributed by atoms with Crippen LogP contribution in [0.4, 0.5) is 0 Å². The number of carbonyl (C=O) groups is 1. The molecule has 1 aromatic heterocycles. The molecule has 0 saturated heterocycles. The summed E-state index contributed by atoms with van der Waals surface area (Å²) in [6, 6.07) is 6.46. The fourth-order valence-electron chi connectivity index (χ4n) is 3.52. The third kappa shape index (κ3) is 2.34. The third-order valence-electron chi connectivity index (χ3n) is 5.21. The average molecular weight is 311 g/mol. The Bertz CT molecular complexity index is 735. The number of nitrogens with zero attached hydrogens (tertiary/aromatic N) is 4. The van der Waals surface area contributed by atoms with Crippen molar-refractivity contribution >= 4 is 5.91 Å². The molecule has 0 bridgehead atoms. The van der Waals surface area contributed by atoms with Crippen molar-refractivity contribution in [3.63, 3.8) is 0 Å². The zero-order valence-corrected chi connectivity index (χ0v) is 13.5. The van der Waals surface area contributed by atoms with Crippen LogP contribution in [0.25, 0.3) is 0 Å². The maximum absolute atomic E-state index is 11.9. The standard InChI is InChI=1S/C17H21N5O/c1-12(17(5-6-17)22-8-7-19-20-22)18-10-13-3-4-15-14(9-13)11-21(2)16(15)23/h3-4,7-9,12,18H,5-6,10-11H2,1-2H3. The normalized spacial score (nSPS) is 19.7. The molecular weight excluding hydrogens is 290 g/mol. The summed E-state index contributed by atoms with van der Waals surface area (Å²) < 4.78 is 1.99. The van der Waals surface area contributed by atoms with E-state index in [1.807, 2.05) is 30.1 Å². The van der Waals surface area contributed by atoms with E-state index in [9.17, 15) is 4.79 Å². The molecule has 1 aromatic carbocycles. The van der Waals surface area contributed by atoms with E-state index in [2.05, 4.69) is 28.6 Å². The minimum Gasteiger partial charge on any atom is -0.337 e. The predicted molar refractivity (Wildman–Crippen MR) is 85.8 cm³/mol. The Balaban J connectivity index is 1.44. The molecule has 6 heteroatoms. The smallest absolute Gasteiger partial charge is 0.254 e. The van der Waals surface area contributed by atoms with Gasteiger partial charge in [0.1, 0.15) is 0 Å². The van der Waals surface area contributed by atoms with Gasteiger partial charge in [-0.15, -0.1) is 5.10 Å². The summed E-state index contributed by atoms with van der Waals surface area (Å²) in [5.74, 6) is 0.121. The summed E-state index contributed by atoms with van der Waals surface area (Å²) in [5, 5.41) is 11.7. The van der Waals surface area contributed by atoms with Crippen molar-refractivity contribution in [2.24, 2.45) is 0 Å². The summed E-state index contributed by atoms with van der Waals surface area (Å²) in [7, 11) is 1.84. The van der Waals surface area contributed by atoms with E-state index < -0.39 is 0 Å². The Morgan fingerprint density at radius 2 is 2.22 bits per heavy atom. The van der Waals surface area contributed by atoms with E-state index in [0.29, 0.717) is 12.6 Å². The van der Waals surface area contributed by atoms with Gasteiger partial charge in [-0.05, 0) is 37.0 Å². The lowest BCUT2D eigenvalue weighted by Gasteiger charge is -2.24. The SMILES string of the molecule is CC(NCc1ccc2c(c1)CN(C)C2=O)C1(n2ccnn2)CC1. The maximum Gasteiger partial charge on any atom is 0.254 e.